The molecule has 5 heteroatoms. The Labute approximate surface area is 133 Å². The molecular formula is C16H22BrNO3. The summed E-state index contributed by atoms with van der Waals surface area (Å²) in [6.45, 7) is 2.55. The largest absolute Gasteiger partial charge is 0.481 e. The van der Waals surface area contributed by atoms with E-state index in [0.717, 1.165) is 10.0 Å². The third kappa shape index (κ3) is 4.28. The van der Waals surface area contributed by atoms with Crippen LogP contribution in [-0.2, 0) is 4.79 Å². The van der Waals surface area contributed by atoms with Crippen molar-refractivity contribution in [3.8, 4) is 0 Å². The average molecular weight is 356 g/mol. The average Bonchev–Trinajstić information content (AvgIpc) is 2.46. The zero-order valence-electron chi connectivity index (χ0n) is 12.2. The highest BCUT2D eigenvalue weighted by atomic mass is 79.9. The molecule has 0 radical (unpaired) electrons. The molecule has 116 valence electrons. The zero-order chi connectivity index (χ0) is 15.5. The predicted octanol–water partition coefficient (Wildman–Crippen LogP) is 3.11. The number of carbonyl (C=O) groups is 1. The fraction of sp³-hybridized carbons (Fsp3) is 0.562. The molecule has 3 N–H and O–H groups in total. The van der Waals surface area contributed by atoms with Crippen LogP contribution in [0.1, 0.15) is 44.2 Å². The summed E-state index contributed by atoms with van der Waals surface area (Å²) in [6.07, 6.45) is 2.19. The Morgan fingerprint density at radius 3 is 2.62 bits per heavy atom. The van der Waals surface area contributed by atoms with E-state index in [0.29, 0.717) is 32.2 Å². The monoisotopic (exact) mass is 355 g/mol. The smallest absolute Gasteiger partial charge is 0.306 e. The van der Waals surface area contributed by atoms with Gasteiger partial charge in [0.25, 0.3) is 0 Å². The van der Waals surface area contributed by atoms with E-state index in [1.807, 2.05) is 24.3 Å². The highest BCUT2D eigenvalue weighted by Gasteiger charge is 2.35. The van der Waals surface area contributed by atoms with Crippen LogP contribution >= 0.6 is 15.9 Å². The van der Waals surface area contributed by atoms with Gasteiger partial charge >= 0.3 is 5.97 Å². The fourth-order valence-electron chi connectivity index (χ4n) is 2.86. The van der Waals surface area contributed by atoms with E-state index in [2.05, 4.69) is 28.2 Å². The van der Waals surface area contributed by atoms with Crippen molar-refractivity contribution in [3.05, 3.63) is 34.3 Å². The van der Waals surface area contributed by atoms with Crippen molar-refractivity contribution in [3.63, 3.8) is 0 Å². The van der Waals surface area contributed by atoms with E-state index in [9.17, 15) is 9.90 Å². The Morgan fingerprint density at radius 1 is 1.43 bits per heavy atom. The van der Waals surface area contributed by atoms with Gasteiger partial charge in [-0.15, -0.1) is 0 Å². The summed E-state index contributed by atoms with van der Waals surface area (Å²) in [4.78, 5) is 11.0. The molecule has 1 aliphatic rings. The summed E-state index contributed by atoms with van der Waals surface area (Å²) < 4.78 is 1.05. The number of carboxylic acids is 1. The first kappa shape index (κ1) is 16.5. The molecule has 0 unspecified atom stereocenters. The lowest BCUT2D eigenvalue weighted by Crippen LogP contribution is -2.45. The molecule has 0 bridgehead atoms. The van der Waals surface area contributed by atoms with Gasteiger partial charge in [0, 0.05) is 17.1 Å². The maximum Gasteiger partial charge on any atom is 0.306 e. The Hall–Kier alpha value is -0.910. The molecule has 1 atom stereocenters. The molecule has 4 nitrogen and oxygen atoms in total. The van der Waals surface area contributed by atoms with E-state index in [-0.39, 0.29) is 12.0 Å². The van der Waals surface area contributed by atoms with Gasteiger partial charge in [0.2, 0.25) is 0 Å². The first-order valence-electron chi connectivity index (χ1n) is 7.34. The van der Waals surface area contributed by atoms with Gasteiger partial charge in [0.05, 0.1) is 11.5 Å². The predicted molar refractivity (Wildman–Crippen MR) is 85.1 cm³/mol. The summed E-state index contributed by atoms with van der Waals surface area (Å²) in [6, 6.07) is 8.14. The van der Waals surface area contributed by atoms with E-state index in [1.165, 1.54) is 0 Å². The molecule has 1 aromatic carbocycles. The molecule has 2 rings (SSSR count). The second-order valence-electron chi connectivity index (χ2n) is 5.96. The van der Waals surface area contributed by atoms with Crippen molar-refractivity contribution in [2.75, 3.05) is 6.54 Å². The number of carboxylic acid groups (broad SMARTS) is 1. The third-order valence-electron chi connectivity index (χ3n) is 4.37. The van der Waals surface area contributed by atoms with Crippen molar-refractivity contribution in [2.45, 2.75) is 44.2 Å². The number of aliphatic carboxylic acids is 1. The molecule has 1 aromatic rings. The van der Waals surface area contributed by atoms with Gasteiger partial charge in [-0.2, -0.15) is 0 Å². The lowest BCUT2D eigenvalue weighted by atomic mass is 9.78. The minimum Gasteiger partial charge on any atom is -0.481 e. The van der Waals surface area contributed by atoms with Crippen LogP contribution in [0.15, 0.2) is 28.7 Å². The lowest BCUT2D eigenvalue weighted by molar-refractivity contribution is -0.144. The Morgan fingerprint density at radius 2 is 2.05 bits per heavy atom. The highest BCUT2D eigenvalue weighted by molar-refractivity contribution is 9.10. The number of hydrogen-bond acceptors (Lipinski definition) is 3. The minimum absolute atomic E-state index is 0.127. The molecule has 0 aromatic heterocycles. The van der Waals surface area contributed by atoms with Crippen molar-refractivity contribution in [1.82, 2.24) is 5.32 Å². The van der Waals surface area contributed by atoms with Crippen LogP contribution in [0, 0.1) is 5.92 Å². The van der Waals surface area contributed by atoms with Gasteiger partial charge in [-0.1, -0.05) is 34.1 Å². The fourth-order valence-corrected chi connectivity index (χ4v) is 3.49. The third-order valence-corrected chi connectivity index (χ3v) is 5.10. The van der Waals surface area contributed by atoms with Crippen LogP contribution in [0.25, 0.3) is 0 Å². The minimum atomic E-state index is -0.790. The van der Waals surface area contributed by atoms with Crippen LogP contribution in [0.3, 0.4) is 0 Å². The normalized spacial score (nSPS) is 27.3. The van der Waals surface area contributed by atoms with Crippen LogP contribution in [-0.4, -0.2) is 28.3 Å². The Balaban J connectivity index is 1.88. The first-order chi connectivity index (χ1) is 9.91. The van der Waals surface area contributed by atoms with E-state index in [1.54, 1.807) is 0 Å². The summed E-state index contributed by atoms with van der Waals surface area (Å²) in [5.41, 5.74) is 0.363. The quantitative estimate of drug-likeness (QED) is 0.758. The summed E-state index contributed by atoms with van der Waals surface area (Å²) >= 11 is 3.53. The maximum atomic E-state index is 11.0. The van der Waals surface area contributed by atoms with Crippen LogP contribution < -0.4 is 5.32 Å². The van der Waals surface area contributed by atoms with Gasteiger partial charge in [0.15, 0.2) is 0 Å². The van der Waals surface area contributed by atoms with Crippen LogP contribution in [0.4, 0.5) is 0 Å². The first-order valence-corrected chi connectivity index (χ1v) is 8.13. The van der Waals surface area contributed by atoms with Gasteiger partial charge in [-0.25, -0.2) is 0 Å². The molecular weight excluding hydrogens is 334 g/mol. The summed E-state index contributed by atoms with van der Waals surface area (Å²) in [7, 11) is 0. The molecule has 21 heavy (non-hydrogen) atoms. The number of aliphatic hydroxyl groups is 1. The standard InChI is InChI=1S/C16H22BrNO3/c1-11(13-4-2-3-5-14(13)17)18-10-16(21)8-6-12(7-9-16)15(19)20/h2-5,11-12,18,21H,6-10H2,1H3,(H,19,20)/t11-,12?,16?/m0/s1. The molecule has 1 fully saturated rings. The van der Waals surface area contributed by atoms with Gasteiger partial charge < -0.3 is 15.5 Å². The molecule has 0 spiro atoms. The number of benzene rings is 1. The Kier molecular flexibility index (Phi) is 5.41. The summed E-state index contributed by atoms with van der Waals surface area (Å²) in [5.74, 6) is -1.04. The molecule has 1 aliphatic carbocycles. The SMILES string of the molecule is C[C@H](NCC1(O)CCC(C(=O)O)CC1)c1ccccc1Br. The lowest BCUT2D eigenvalue weighted by Gasteiger charge is -2.35. The molecule has 0 aliphatic heterocycles. The number of halogens is 1. The van der Waals surface area contributed by atoms with Crippen LogP contribution in [0.5, 0.6) is 0 Å². The van der Waals surface area contributed by atoms with Crippen molar-refractivity contribution >= 4 is 21.9 Å². The zero-order valence-corrected chi connectivity index (χ0v) is 13.8. The second-order valence-corrected chi connectivity index (χ2v) is 6.82. The summed E-state index contributed by atoms with van der Waals surface area (Å²) in [5, 5.41) is 22.9. The van der Waals surface area contributed by atoms with Crippen molar-refractivity contribution < 1.29 is 15.0 Å². The van der Waals surface area contributed by atoms with Crippen molar-refractivity contribution in [1.29, 1.82) is 0 Å². The van der Waals surface area contributed by atoms with E-state index >= 15 is 0 Å². The number of hydrogen-bond donors (Lipinski definition) is 3. The van der Waals surface area contributed by atoms with E-state index in [4.69, 9.17) is 5.11 Å². The molecule has 0 amide bonds. The molecule has 1 saturated carbocycles. The maximum absolute atomic E-state index is 11.0. The van der Waals surface area contributed by atoms with Crippen molar-refractivity contribution in [2.24, 2.45) is 5.92 Å². The van der Waals surface area contributed by atoms with Crippen LogP contribution in [0.2, 0.25) is 0 Å². The highest BCUT2D eigenvalue weighted by Crippen LogP contribution is 2.32. The topological polar surface area (TPSA) is 69.6 Å². The molecule has 0 heterocycles. The van der Waals surface area contributed by atoms with E-state index < -0.39 is 11.6 Å². The second kappa shape index (κ2) is 6.90. The Bertz CT molecular complexity index is 498. The number of nitrogens with one attached hydrogen (secondary N) is 1. The van der Waals surface area contributed by atoms with Gasteiger partial charge in [0.1, 0.15) is 0 Å². The molecule has 0 saturated heterocycles. The number of rotatable bonds is 5. The van der Waals surface area contributed by atoms with Gasteiger partial charge in [-0.3, -0.25) is 4.79 Å². The van der Waals surface area contributed by atoms with Gasteiger partial charge in [-0.05, 0) is 44.2 Å².